The SMILES string of the molecule is CC(OPI)c1nccn1CC#Cc1ccc(-c2ccc(N)cc2)cc1.CO. The van der Waals surface area contributed by atoms with E-state index in [0.717, 1.165) is 35.3 Å². The van der Waals surface area contributed by atoms with Crippen molar-refractivity contribution in [3.63, 3.8) is 0 Å². The summed E-state index contributed by atoms with van der Waals surface area (Å²) in [6.07, 6.45) is 3.69. The van der Waals surface area contributed by atoms with Gasteiger partial charge in [0.25, 0.3) is 0 Å². The van der Waals surface area contributed by atoms with Gasteiger partial charge in [0.05, 0.1) is 13.0 Å². The molecule has 0 saturated carbocycles. The molecule has 3 aromatic rings. The molecular formula is C21H23IN3O2P. The van der Waals surface area contributed by atoms with Crippen molar-refractivity contribution in [1.29, 1.82) is 0 Å². The van der Waals surface area contributed by atoms with Gasteiger partial charge in [-0.15, -0.1) is 0 Å². The summed E-state index contributed by atoms with van der Waals surface area (Å²) in [5, 5.41) is 7.00. The molecule has 0 spiro atoms. The lowest BCUT2D eigenvalue weighted by molar-refractivity contribution is 0.251. The van der Waals surface area contributed by atoms with Gasteiger partial charge in [0, 0.05) is 30.8 Å². The van der Waals surface area contributed by atoms with Crippen LogP contribution in [0.3, 0.4) is 0 Å². The van der Waals surface area contributed by atoms with Crippen molar-refractivity contribution in [3.8, 4) is 23.0 Å². The number of hydrogen-bond acceptors (Lipinski definition) is 4. The summed E-state index contributed by atoms with van der Waals surface area (Å²) in [5.41, 5.74) is 9.80. The molecule has 3 rings (SSSR count). The molecule has 2 atom stereocenters. The number of nitrogens with two attached hydrogens (primary N) is 1. The van der Waals surface area contributed by atoms with Gasteiger partial charge in [0.1, 0.15) is 11.9 Å². The average Bonchev–Trinajstić information content (AvgIpc) is 3.20. The van der Waals surface area contributed by atoms with Crippen molar-refractivity contribution >= 4 is 34.2 Å². The first-order chi connectivity index (χ1) is 13.7. The van der Waals surface area contributed by atoms with Gasteiger partial charge in [-0.2, -0.15) is 0 Å². The summed E-state index contributed by atoms with van der Waals surface area (Å²) in [5.74, 6) is 7.32. The van der Waals surface area contributed by atoms with E-state index >= 15 is 0 Å². The second kappa shape index (κ2) is 11.8. The summed E-state index contributed by atoms with van der Waals surface area (Å²) in [4.78, 5) is 4.37. The van der Waals surface area contributed by atoms with Crippen LogP contribution in [0.2, 0.25) is 0 Å². The van der Waals surface area contributed by atoms with Crippen LogP contribution in [-0.4, -0.2) is 21.8 Å². The standard InChI is InChI=1S/C20H19IN3OP.CH4O/c1-15(25-26-21)20-23-12-14-24(20)13-2-3-16-4-6-17(7-5-16)18-8-10-19(22)11-9-18;1-2/h4-12,14-15,26H,13,22H2,1H3;2H,1H3. The molecule has 0 aliphatic rings. The van der Waals surface area contributed by atoms with Crippen molar-refractivity contribution in [3.05, 3.63) is 72.3 Å². The van der Waals surface area contributed by atoms with E-state index in [4.69, 9.17) is 15.4 Å². The summed E-state index contributed by atoms with van der Waals surface area (Å²) < 4.78 is 7.65. The number of aliphatic hydroxyl groups is 1. The predicted octanol–water partition coefficient (Wildman–Crippen LogP) is 4.81. The second-order valence-electron chi connectivity index (χ2n) is 5.75. The summed E-state index contributed by atoms with van der Waals surface area (Å²) >= 11 is 2.22. The molecule has 0 radical (unpaired) electrons. The normalized spacial score (nSPS) is 11.4. The van der Waals surface area contributed by atoms with E-state index in [0.29, 0.717) is 13.0 Å². The van der Waals surface area contributed by atoms with Gasteiger partial charge in [-0.05, 0) is 64.4 Å². The van der Waals surface area contributed by atoms with Crippen LogP contribution >= 0.6 is 28.5 Å². The lowest BCUT2D eigenvalue weighted by Gasteiger charge is -2.11. The Kier molecular flexibility index (Phi) is 9.45. The molecule has 0 bridgehead atoms. The summed E-state index contributed by atoms with van der Waals surface area (Å²) in [7, 11) is 1.00. The second-order valence-corrected chi connectivity index (χ2v) is 7.46. The van der Waals surface area contributed by atoms with E-state index in [9.17, 15) is 0 Å². The highest BCUT2D eigenvalue weighted by molar-refractivity contribution is 14.2. The minimum atomic E-state index is -0.0266. The molecule has 0 amide bonds. The number of halogens is 1. The van der Waals surface area contributed by atoms with Crippen molar-refractivity contribution in [2.24, 2.45) is 0 Å². The van der Waals surface area contributed by atoms with Crippen molar-refractivity contribution in [2.75, 3.05) is 12.8 Å². The number of rotatable bonds is 5. The minimum Gasteiger partial charge on any atom is -0.400 e. The number of nitrogen functional groups attached to an aromatic ring is 1. The van der Waals surface area contributed by atoms with Crippen LogP contribution in [0.15, 0.2) is 60.9 Å². The number of nitrogens with zero attached hydrogens (tertiary/aromatic N) is 2. The molecule has 3 N–H and O–H groups in total. The van der Waals surface area contributed by atoms with Gasteiger partial charge in [0.15, 0.2) is 0 Å². The topological polar surface area (TPSA) is 73.3 Å². The van der Waals surface area contributed by atoms with E-state index in [1.54, 1.807) is 6.20 Å². The molecule has 2 aromatic carbocycles. The molecule has 0 saturated heterocycles. The Bertz CT molecular complexity index is 915. The monoisotopic (exact) mass is 507 g/mol. The molecular weight excluding hydrogens is 484 g/mol. The largest absolute Gasteiger partial charge is 0.400 e. The molecule has 0 aliphatic heterocycles. The third kappa shape index (κ3) is 6.32. The van der Waals surface area contributed by atoms with Crippen LogP contribution in [0.25, 0.3) is 11.1 Å². The Morgan fingerprint density at radius 1 is 1.14 bits per heavy atom. The molecule has 146 valence electrons. The van der Waals surface area contributed by atoms with E-state index in [1.807, 2.05) is 54.1 Å². The highest BCUT2D eigenvalue weighted by Gasteiger charge is 2.11. The van der Waals surface area contributed by atoms with Gasteiger partial charge < -0.3 is 19.9 Å². The fraction of sp³-hybridized carbons (Fsp3) is 0.190. The third-order valence-corrected chi connectivity index (χ3v) is 5.15. The van der Waals surface area contributed by atoms with Gasteiger partial charge in [-0.3, -0.25) is 0 Å². The predicted molar refractivity (Wildman–Crippen MR) is 125 cm³/mol. The maximum Gasteiger partial charge on any atom is 0.138 e. The highest BCUT2D eigenvalue weighted by Crippen LogP contribution is 2.30. The van der Waals surface area contributed by atoms with E-state index < -0.39 is 0 Å². The fourth-order valence-electron chi connectivity index (χ4n) is 2.58. The Balaban J connectivity index is 0.00000136. The zero-order valence-corrected chi connectivity index (χ0v) is 18.9. The number of hydrogen-bond donors (Lipinski definition) is 2. The van der Waals surface area contributed by atoms with E-state index in [2.05, 4.69) is 51.0 Å². The Labute approximate surface area is 180 Å². The molecule has 2 unspecified atom stereocenters. The number of aromatic nitrogens is 2. The average molecular weight is 507 g/mol. The van der Waals surface area contributed by atoms with E-state index in [1.165, 1.54) is 0 Å². The first-order valence-electron chi connectivity index (χ1n) is 8.59. The van der Waals surface area contributed by atoms with Crippen molar-refractivity contribution in [2.45, 2.75) is 19.6 Å². The zero-order valence-electron chi connectivity index (χ0n) is 15.8. The summed E-state index contributed by atoms with van der Waals surface area (Å²) in [6.45, 7) is 3.01. The fourth-order valence-corrected chi connectivity index (χ4v) is 3.96. The Hall–Kier alpha value is -1.91. The highest BCUT2D eigenvalue weighted by atomic mass is 127. The molecule has 5 nitrogen and oxygen atoms in total. The molecule has 1 heterocycles. The number of benzene rings is 2. The zero-order chi connectivity index (χ0) is 20.4. The minimum absolute atomic E-state index is 0.0266. The molecule has 0 aliphatic carbocycles. The molecule has 1 aromatic heterocycles. The first-order valence-corrected chi connectivity index (χ1v) is 12.6. The van der Waals surface area contributed by atoms with Crippen LogP contribution < -0.4 is 5.73 Å². The number of anilines is 1. The van der Waals surface area contributed by atoms with Crippen LogP contribution in [0.4, 0.5) is 5.69 Å². The maximum atomic E-state index is 7.00. The van der Waals surface area contributed by atoms with Crippen LogP contribution in [0, 0.1) is 11.8 Å². The number of aliphatic hydroxyl groups excluding tert-OH is 1. The molecule has 0 fully saturated rings. The lowest BCUT2D eigenvalue weighted by atomic mass is 10.0. The lowest BCUT2D eigenvalue weighted by Crippen LogP contribution is -2.06. The van der Waals surface area contributed by atoms with E-state index in [-0.39, 0.29) is 6.10 Å². The number of imidazole rings is 1. The summed E-state index contributed by atoms with van der Waals surface area (Å²) in [6, 6.07) is 16.1. The van der Waals surface area contributed by atoms with Gasteiger partial charge >= 0.3 is 0 Å². The molecule has 7 heteroatoms. The van der Waals surface area contributed by atoms with Gasteiger partial charge in [-0.1, -0.05) is 36.1 Å². The Morgan fingerprint density at radius 3 is 2.36 bits per heavy atom. The Morgan fingerprint density at radius 2 is 1.75 bits per heavy atom. The third-order valence-electron chi connectivity index (χ3n) is 3.94. The maximum absolute atomic E-state index is 7.00. The van der Waals surface area contributed by atoms with Gasteiger partial charge in [0.2, 0.25) is 0 Å². The molecule has 28 heavy (non-hydrogen) atoms. The van der Waals surface area contributed by atoms with Crippen molar-refractivity contribution in [1.82, 2.24) is 9.55 Å². The smallest absolute Gasteiger partial charge is 0.138 e. The van der Waals surface area contributed by atoms with Crippen LogP contribution in [0.5, 0.6) is 0 Å². The van der Waals surface area contributed by atoms with Crippen molar-refractivity contribution < 1.29 is 9.63 Å². The van der Waals surface area contributed by atoms with Crippen LogP contribution in [0.1, 0.15) is 24.4 Å². The van der Waals surface area contributed by atoms with Crippen LogP contribution in [-0.2, 0) is 11.1 Å². The van der Waals surface area contributed by atoms with Gasteiger partial charge in [-0.25, -0.2) is 4.98 Å². The first kappa shape index (κ1) is 22.4. The quantitative estimate of drug-likeness (QED) is 0.225.